The van der Waals surface area contributed by atoms with E-state index in [4.69, 9.17) is 4.74 Å². The van der Waals surface area contributed by atoms with E-state index in [2.05, 4.69) is 30.1 Å². The molecule has 0 spiro atoms. The van der Waals surface area contributed by atoms with Crippen molar-refractivity contribution in [3.63, 3.8) is 0 Å². The molecule has 5 nitrogen and oxygen atoms in total. The second kappa shape index (κ2) is 10.2. The fraction of sp³-hybridized carbons (Fsp3) is 0.650. The van der Waals surface area contributed by atoms with Crippen molar-refractivity contribution in [3.05, 3.63) is 24.3 Å². The van der Waals surface area contributed by atoms with Crippen LogP contribution in [0.1, 0.15) is 46.5 Å². The zero-order chi connectivity index (χ0) is 18.1. The van der Waals surface area contributed by atoms with E-state index in [1.807, 2.05) is 30.0 Å². The molecule has 1 unspecified atom stereocenters. The van der Waals surface area contributed by atoms with Gasteiger partial charge in [-0.2, -0.15) is 0 Å². The minimum atomic E-state index is 0.0711. The molecule has 1 N–H and O–H groups in total. The first-order valence-electron chi connectivity index (χ1n) is 9.67. The lowest BCUT2D eigenvalue weighted by molar-refractivity contribution is 0.190. The van der Waals surface area contributed by atoms with Gasteiger partial charge in [0.15, 0.2) is 0 Å². The number of amides is 2. The first kappa shape index (κ1) is 19.4. The Morgan fingerprint density at radius 3 is 2.56 bits per heavy atom. The number of para-hydroxylation sites is 2. The Labute approximate surface area is 152 Å². The molecule has 1 heterocycles. The highest BCUT2D eigenvalue weighted by Crippen LogP contribution is 2.28. The minimum Gasteiger partial charge on any atom is -0.492 e. The monoisotopic (exact) mass is 347 g/mol. The number of piperazine rings is 1. The zero-order valence-corrected chi connectivity index (χ0v) is 16.0. The number of hydrogen-bond donors (Lipinski definition) is 1. The molecule has 0 aromatic heterocycles. The Kier molecular flexibility index (Phi) is 7.89. The molecule has 5 heteroatoms. The van der Waals surface area contributed by atoms with Crippen LogP contribution in [0.25, 0.3) is 0 Å². The molecular formula is C20H33N3O2. The van der Waals surface area contributed by atoms with Crippen molar-refractivity contribution in [3.8, 4) is 5.75 Å². The summed E-state index contributed by atoms with van der Waals surface area (Å²) in [6.07, 6.45) is 4.69. The Hall–Kier alpha value is -1.91. The van der Waals surface area contributed by atoms with Gasteiger partial charge in [0.2, 0.25) is 0 Å². The molecule has 1 aromatic rings. The van der Waals surface area contributed by atoms with Gasteiger partial charge in [-0.05, 0) is 32.4 Å². The summed E-state index contributed by atoms with van der Waals surface area (Å²) >= 11 is 0. The minimum absolute atomic E-state index is 0.0711. The van der Waals surface area contributed by atoms with E-state index in [1.165, 1.54) is 19.3 Å². The topological polar surface area (TPSA) is 44.8 Å². The normalized spacial score (nSPS) is 15.8. The van der Waals surface area contributed by atoms with Crippen LogP contribution in [0, 0.1) is 0 Å². The predicted octanol–water partition coefficient (Wildman–Crippen LogP) is 3.89. The average Bonchev–Trinajstić information content (AvgIpc) is 2.63. The van der Waals surface area contributed by atoms with E-state index in [1.54, 1.807) is 0 Å². The zero-order valence-electron chi connectivity index (χ0n) is 16.0. The van der Waals surface area contributed by atoms with Gasteiger partial charge in [-0.1, -0.05) is 38.3 Å². The lowest BCUT2D eigenvalue weighted by Crippen LogP contribution is -2.53. The second-order valence-corrected chi connectivity index (χ2v) is 6.72. The van der Waals surface area contributed by atoms with Crippen LogP contribution in [0.2, 0.25) is 0 Å². The molecule has 2 amide bonds. The van der Waals surface area contributed by atoms with Gasteiger partial charge in [0, 0.05) is 32.2 Å². The summed E-state index contributed by atoms with van der Waals surface area (Å²) < 4.78 is 5.73. The fourth-order valence-corrected chi connectivity index (χ4v) is 3.22. The molecule has 0 aliphatic carbocycles. The lowest BCUT2D eigenvalue weighted by Gasteiger charge is -2.37. The first-order valence-corrected chi connectivity index (χ1v) is 9.67. The van der Waals surface area contributed by atoms with Gasteiger partial charge in [-0.25, -0.2) is 4.79 Å². The molecule has 1 fully saturated rings. The summed E-state index contributed by atoms with van der Waals surface area (Å²) in [4.78, 5) is 16.7. The highest BCUT2D eigenvalue weighted by atomic mass is 16.5. The molecule has 1 aromatic carbocycles. The number of rotatable bonds is 8. The van der Waals surface area contributed by atoms with E-state index in [0.717, 1.165) is 44.0 Å². The number of unbranched alkanes of at least 4 members (excludes halogenated alkanes) is 2. The van der Waals surface area contributed by atoms with Crippen molar-refractivity contribution in [1.82, 2.24) is 10.2 Å². The third kappa shape index (κ3) is 5.83. The molecular weight excluding hydrogens is 314 g/mol. The number of anilines is 1. The van der Waals surface area contributed by atoms with E-state index < -0.39 is 0 Å². The third-order valence-corrected chi connectivity index (χ3v) is 4.68. The molecule has 1 saturated heterocycles. The van der Waals surface area contributed by atoms with E-state index in [9.17, 15) is 4.79 Å². The fourth-order valence-electron chi connectivity index (χ4n) is 3.22. The summed E-state index contributed by atoms with van der Waals surface area (Å²) in [5.41, 5.74) is 1.12. The summed E-state index contributed by atoms with van der Waals surface area (Å²) in [7, 11) is 0. The van der Waals surface area contributed by atoms with Crippen LogP contribution in [-0.2, 0) is 0 Å². The largest absolute Gasteiger partial charge is 0.492 e. The molecule has 1 atom stereocenters. The Morgan fingerprint density at radius 1 is 1.16 bits per heavy atom. The van der Waals surface area contributed by atoms with Gasteiger partial charge in [0.05, 0.1) is 12.3 Å². The quantitative estimate of drug-likeness (QED) is 0.726. The molecule has 0 saturated carbocycles. The van der Waals surface area contributed by atoms with E-state index in [0.29, 0.717) is 6.61 Å². The van der Waals surface area contributed by atoms with Gasteiger partial charge in [-0.3, -0.25) is 0 Å². The van der Waals surface area contributed by atoms with Crippen molar-refractivity contribution in [2.75, 3.05) is 37.7 Å². The standard InChI is InChI=1S/C20H33N3O2/c1-4-6-7-10-17(3)21-20(24)23-15-13-22(14-16-23)18-11-8-9-12-19(18)25-5-2/h8-9,11-12,17H,4-7,10,13-16H2,1-3H3,(H,21,24). The summed E-state index contributed by atoms with van der Waals surface area (Å²) in [6.45, 7) is 10.1. The number of carbonyl (C=O) groups is 1. The Balaban J connectivity index is 1.82. The van der Waals surface area contributed by atoms with Gasteiger partial charge >= 0.3 is 6.03 Å². The summed E-state index contributed by atoms with van der Waals surface area (Å²) in [5.74, 6) is 0.924. The maximum absolute atomic E-state index is 12.4. The van der Waals surface area contributed by atoms with Crippen LogP contribution >= 0.6 is 0 Å². The highest BCUT2D eigenvalue weighted by Gasteiger charge is 2.23. The van der Waals surface area contributed by atoms with Crippen molar-refractivity contribution in [2.45, 2.75) is 52.5 Å². The number of carbonyl (C=O) groups excluding carboxylic acids is 1. The molecule has 0 radical (unpaired) electrons. The molecule has 25 heavy (non-hydrogen) atoms. The predicted molar refractivity (Wildman–Crippen MR) is 104 cm³/mol. The van der Waals surface area contributed by atoms with Crippen LogP contribution in [0.15, 0.2) is 24.3 Å². The number of nitrogens with zero attached hydrogens (tertiary/aromatic N) is 2. The van der Waals surface area contributed by atoms with Crippen LogP contribution in [0.5, 0.6) is 5.75 Å². The molecule has 0 bridgehead atoms. The van der Waals surface area contributed by atoms with Crippen LogP contribution in [0.3, 0.4) is 0 Å². The van der Waals surface area contributed by atoms with Gasteiger partial charge in [-0.15, -0.1) is 0 Å². The summed E-state index contributed by atoms with van der Waals surface area (Å²) in [5, 5.41) is 3.14. The maximum Gasteiger partial charge on any atom is 0.317 e. The van der Waals surface area contributed by atoms with E-state index in [-0.39, 0.29) is 12.1 Å². The Bertz CT molecular complexity index is 527. The van der Waals surface area contributed by atoms with E-state index >= 15 is 0 Å². The van der Waals surface area contributed by atoms with Gasteiger partial charge in [0.25, 0.3) is 0 Å². The van der Waals surface area contributed by atoms with Gasteiger partial charge in [0.1, 0.15) is 5.75 Å². The SMILES string of the molecule is CCCCCC(C)NC(=O)N1CCN(c2ccccc2OCC)CC1. The summed E-state index contributed by atoms with van der Waals surface area (Å²) in [6, 6.07) is 8.46. The van der Waals surface area contributed by atoms with Gasteiger partial charge < -0.3 is 19.9 Å². The smallest absolute Gasteiger partial charge is 0.317 e. The number of urea groups is 1. The number of benzene rings is 1. The Morgan fingerprint density at radius 2 is 1.88 bits per heavy atom. The first-order chi connectivity index (χ1) is 12.2. The molecule has 1 aliphatic heterocycles. The average molecular weight is 348 g/mol. The van der Waals surface area contributed by atoms with Crippen LogP contribution < -0.4 is 15.0 Å². The maximum atomic E-state index is 12.4. The number of ether oxygens (including phenoxy) is 1. The van der Waals surface area contributed by atoms with Crippen molar-refractivity contribution in [1.29, 1.82) is 0 Å². The van der Waals surface area contributed by atoms with Crippen molar-refractivity contribution in [2.24, 2.45) is 0 Å². The molecule has 140 valence electrons. The van der Waals surface area contributed by atoms with Crippen molar-refractivity contribution < 1.29 is 9.53 Å². The molecule has 2 rings (SSSR count). The third-order valence-electron chi connectivity index (χ3n) is 4.68. The highest BCUT2D eigenvalue weighted by molar-refractivity contribution is 5.75. The molecule has 1 aliphatic rings. The van der Waals surface area contributed by atoms with Crippen LogP contribution in [-0.4, -0.2) is 49.8 Å². The number of nitrogens with one attached hydrogen (secondary N) is 1. The number of hydrogen-bond acceptors (Lipinski definition) is 3. The van der Waals surface area contributed by atoms with Crippen molar-refractivity contribution >= 4 is 11.7 Å². The van der Waals surface area contributed by atoms with Crippen LogP contribution in [0.4, 0.5) is 10.5 Å². The lowest BCUT2D eigenvalue weighted by atomic mass is 10.1. The second-order valence-electron chi connectivity index (χ2n) is 6.72.